The first-order valence-corrected chi connectivity index (χ1v) is 6.09. The van der Waals surface area contributed by atoms with Gasteiger partial charge in [-0.15, -0.1) is 0 Å². The van der Waals surface area contributed by atoms with Gasteiger partial charge in [0.25, 0.3) is 0 Å². The molecule has 0 spiro atoms. The molecule has 0 amide bonds. The lowest BCUT2D eigenvalue weighted by atomic mass is 10.4. The van der Waals surface area contributed by atoms with Gasteiger partial charge in [0.1, 0.15) is 0 Å². The van der Waals surface area contributed by atoms with E-state index in [1.165, 1.54) is 9.80 Å². The Morgan fingerprint density at radius 3 is 2.47 bits per heavy atom. The zero-order chi connectivity index (χ0) is 10.9. The van der Waals surface area contributed by atoms with Gasteiger partial charge < -0.3 is 5.32 Å². The number of hydrogen-bond acceptors (Lipinski definition) is 2. The van der Waals surface area contributed by atoms with Crippen molar-refractivity contribution >= 4 is 11.8 Å². The molecular formula is C13H17NS. The number of thioether (sulfide) groups is 1. The van der Waals surface area contributed by atoms with Gasteiger partial charge in [-0.25, -0.2) is 0 Å². The van der Waals surface area contributed by atoms with E-state index in [1.54, 1.807) is 0 Å². The molecule has 2 heteroatoms. The molecule has 0 fully saturated rings. The maximum absolute atomic E-state index is 3.19. The van der Waals surface area contributed by atoms with Crippen molar-refractivity contribution in [2.45, 2.75) is 18.7 Å². The summed E-state index contributed by atoms with van der Waals surface area (Å²) in [5, 5.41) is 3.19. The fourth-order valence-electron chi connectivity index (χ4n) is 1.15. The highest BCUT2D eigenvalue weighted by atomic mass is 32.2. The van der Waals surface area contributed by atoms with Crippen molar-refractivity contribution in [1.82, 2.24) is 5.32 Å². The Balaban J connectivity index is 0.000000531. The van der Waals surface area contributed by atoms with Gasteiger partial charge in [0.2, 0.25) is 0 Å². The molecule has 0 saturated heterocycles. The molecule has 1 N–H and O–H groups in total. The van der Waals surface area contributed by atoms with Crippen LogP contribution < -0.4 is 5.32 Å². The van der Waals surface area contributed by atoms with E-state index in [9.17, 15) is 0 Å². The molecule has 1 aliphatic heterocycles. The van der Waals surface area contributed by atoms with E-state index in [1.807, 2.05) is 44.0 Å². The Morgan fingerprint density at radius 1 is 1.13 bits per heavy atom. The molecule has 0 unspecified atom stereocenters. The molecule has 0 saturated carbocycles. The van der Waals surface area contributed by atoms with Crippen molar-refractivity contribution in [3.63, 3.8) is 0 Å². The van der Waals surface area contributed by atoms with Gasteiger partial charge in [-0.3, -0.25) is 0 Å². The maximum Gasteiger partial charge on any atom is 0.0458 e. The first-order valence-electron chi connectivity index (χ1n) is 5.27. The molecule has 1 nitrogen and oxygen atoms in total. The average molecular weight is 219 g/mol. The Morgan fingerprint density at radius 2 is 1.87 bits per heavy atom. The number of dihydropyridines is 1. The van der Waals surface area contributed by atoms with Gasteiger partial charge in [-0.1, -0.05) is 43.8 Å². The summed E-state index contributed by atoms with van der Waals surface area (Å²) in [5.41, 5.74) is 0. The predicted octanol–water partition coefficient (Wildman–Crippen LogP) is 3.81. The summed E-state index contributed by atoms with van der Waals surface area (Å²) >= 11 is 1.81. The van der Waals surface area contributed by atoms with Crippen molar-refractivity contribution in [3.05, 3.63) is 53.6 Å². The lowest BCUT2D eigenvalue weighted by Crippen LogP contribution is -2.10. The Bertz CT molecular complexity index is 328. The SMILES string of the molecule is C1=CNCC(Sc2ccccc2)=C1.CC. The molecule has 2 rings (SSSR count). The summed E-state index contributed by atoms with van der Waals surface area (Å²) in [6, 6.07) is 10.4. The van der Waals surface area contributed by atoms with Crippen LogP contribution in [0.5, 0.6) is 0 Å². The van der Waals surface area contributed by atoms with Crippen LogP contribution in [0.4, 0.5) is 0 Å². The molecule has 0 bridgehead atoms. The minimum absolute atomic E-state index is 0.941. The number of hydrogen-bond donors (Lipinski definition) is 1. The van der Waals surface area contributed by atoms with Gasteiger partial charge in [0.05, 0.1) is 0 Å². The van der Waals surface area contributed by atoms with Gasteiger partial charge in [0, 0.05) is 16.3 Å². The maximum atomic E-state index is 3.19. The van der Waals surface area contributed by atoms with E-state index < -0.39 is 0 Å². The highest BCUT2D eigenvalue weighted by molar-refractivity contribution is 8.03. The third-order valence-corrected chi connectivity index (χ3v) is 2.82. The molecule has 0 aromatic heterocycles. The topological polar surface area (TPSA) is 12.0 Å². The molecule has 0 atom stereocenters. The molecule has 1 aromatic rings. The first kappa shape index (κ1) is 11.9. The minimum Gasteiger partial charge on any atom is -0.386 e. The Kier molecular flexibility index (Phi) is 5.71. The van der Waals surface area contributed by atoms with Gasteiger partial charge in [-0.2, -0.15) is 0 Å². The van der Waals surface area contributed by atoms with Gasteiger partial charge >= 0.3 is 0 Å². The zero-order valence-corrected chi connectivity index (χ0v) is 10.1. The van der Waals surface area contributed by atoms with E-state index in [4.69, 9.17) is 0 Å². The number of rotatable bonds is 2. The van der Waals surface area contributed by atoms with Crippen LogP contribution in [0.2, 0.25) is 0 Å². The second-order valence-corrected chi connectivity index (χ2v) is 3.99. The third-order valence-electron chi connectivity index (χ3n) is 1.76. The molecule has 0 radical (unpaired) electrons. The largest absolute Gasteiger partial charge is 0.386 e. The fourth-order valence-corrected chi connectivity index (χ4v) is 2.05. The number of nitrogens with one attached hydrogen (secondary N) is 1. The quantitative estimate of drug-likeness (QED) is 0.812. The summed E-state index contributed by atoms with van der Waals surface area (Å²) in [5.74, 6) is 0. The minimum atomic E-state index is 0.941. The van der Waals surface area contributed by atoms with Crippen LogP contribution in [0.3, 0.4) is 0 Å². The second-order valence-electron chi connectivity index (χ2n) is 2.79. The summed E-state index contributed by atoms with van der Waals surface area (Å²) in [6.07, 6.45) is 6.15. The number of allylic oxidation sites excluding steroid dienone is 2. The van der Waals surface area contributed by atoms with E-state index >= 15 is 0 Å². The molecule has 15 heavy (non-hydrogen) atoms. The highest BCUT2D eigenvalue weighted by Crippen LogP contribution is 2.26. The van der Waals surface area contributed by atoms with Crippen LogP contribution in [0, 0.1) is 0 Å². The normalized spacial score (nSPS) is 13.3. The fraction of sp³-hybridized carbons (Fsp3) is 0.231. The monoisotopic (exact) mass is 219 g/mol. The van der Waals surface area contributed by atoms with Crippen LogP contribution in [0.1, 0.15) is 13.8 Å². The van der Waals surface area contributed by atoms with Crippen LogP contribution in [-0.2, 0) is 0 Å². The predicted molar refractivity (Wildman–Crippen MR) is 68.9 cm³/mol. The molecule has 1 aromatic carbocycles. The van der Waals surface area contributed by atoms with Crippen LogP contribution in [0.25, 0.3) is 0 Å². The Hall–Kier alpha value is -1.15. The zero-order valence-electron chi connectivity index (χ0n) is 9.23. The molecule has 80 valence electrons. The summed E-state index contributed by atoms with van der Waals surface area (Å²) in [7, 11) is 0. The molecular weight excluding hydrogens is 202 g/mol. The van der Waals surface area contributed by atoms with Crippen LogP contribution in [0.15, 0.2) is 58.5 Å². The van der Waals surface area contributed by atoms with Crippen molar-refractivity contribution in [1.29, 1.82) is 0 Å². The van der Waals surface area contributed by atoms with Crippen molar-refractivity contribution in [2.24, 2.45) is 0 Å². The summed E-state index contributed by atoms with van der Waals surface area (Å²) in [4.78, 5) is 2.65. The highest BCUT2D eigenvalue weighted by Gasteiger charge is 2.00. The second kappa shape index (κ2) is 7.18. The molecule has 0 aliphatic carbocycles. The first-order chi connectivity index (χ1) is 7.45. The van der Waals surface area contributed by atoms with E-state index in [-0.39, 0.29) is 0 Å². The van der Waals surface area contributed by atoms with Crippen molar-refractivity contribution in [2.75, 3.05) is 6.54 Å². The van der Waals surface area contributed by atoms with Crippen molar-refractivity contribution in [3.8, 4) is 0 Å². The van der Waals surface area contributed by atoms with Crippen LogP contribution in [-0.4, -0.2) is 6.54 Å². The standard InChI is InChI=1S/C11H11NS.C2H6/c1-2-5-10(6-3-1)13-11-7-4-8-12-9-11;1-2/h1-8,12H,9H2;1-2H3. The lowest BCUT2D eigenvalue weighted by Gasteiger charge is -2.09. The van der Waals surface area contributed by atoms with E-state index in [0.29, 0.717) is 0 Å². The molecule has 1 heterocycles. The Labute approximate surface area is 96.3 Å². The summed E-state index contributed by atoms with van der Waals surface area (Å²) < 4.78 is 0. The number of benzene rings is 1. The van der Waals surface area contributed by atoms with Gasteiger partial charge in [-0.05, 0) is 30.5 Å². The lowest BCUT2D eigenvalue weighted by molar-refractivity contribution is 0.961. The third kappa shape index (κ3) is 4.26. The smallest absolute Gasteiger partial charge is 0.0458 e. The van der Waals surface area contributed by atoms with Crippen LogP contribution >= 0.6 is 11.8 Å². The van der Waals surface area contributed by atoms with Crippen molar-refractivity contribution < 1.29 is 0 Å². The van der Waals surface area contributed by atoms with Gasteiger partial charge in [0.15, 0.2) is 0 Å². The van der Waals surface area contributed by atoms with E-state index in [2.05, 4.69) is 35.7 Å². The summed E-state index contributed by atoms with van der Waals surface area (Å²) in [6.45, 7) is 4.94. The van der Waals surface area contributed by atoms with E-state index in [0.717, 1.165) is 6.54 Å². The molecule has 1 aliphatic rings. The average Bonchev–Trinajstić information content (AvgIpc) is 2.34.